The maximum atomic E-state index is 10.1. The molecule has 0 bridgehead atoms. The smallest absolute Gasteiger partial charge is 0.177 e. The second-order valence-electron chi connectivity index (χ2n) is 5.31. The van der Waals surface area contributed by atoms with Crippen LogP contribution in [-0.4, -0.2) is 10.2 Å². The number of aromatic hydroxyl groups is 2. The van der Waals surface area contributed by atoms with Gasteiger partial charge in [-0.1, -0.05) is 13.8 Å². The van der Waals surface area contributed by atoms with Crippen molar-refractivity contribution >= 4 is 10.8 Å². The van der Waals surface area contributed by atoms with Crippen LogP contribution < -0.4 is 4.57 Å². The summed E-state index contributed by atoms with van der Waals surface area (Å²) >= 11 is 0. The molecule has 0 aliphatic carbocycles. The van der Waals surface area contributed by atoms with E-state index in [-0.39, 0.29) is 17.4 Å². The van der Waals surface area contributed by atoms with Gasteiger partial charge in [0.05, 0.1) is 0 Å². The normalized spacial score (nSPS) is 11.7. The number of hydrogen-bond donors (Lipinski definition) is 2. The fraction of sp³-hybridized carbons (Fsp3) is 0.400. The molecule has 0 saturated heterocycles. The van der Waals surface area contributed by atoms with Gasteiger partial charge in [0.25, 0.3) is 0 Å². The first-order chi connectivity index (χ1) is 8.41. The summed E-state index contributed by atoms with van der Waals surface area (Å²) < 4.78 is 2.13. The third-order valence-electron chi connectivity index (χ3n) is 3.27. The van der Waals surface area contributed by atoms with Crippen LogP contribution in [0, 0.1) is 0 Å². The van der Waals surface area contributed by atoms with E-state index in [1.54, 1.807) is 0 Å². The SMILES string of the molecule is CC(C)c1c[n+](C(C)C)cc2ccc(O)c(O)c12. The second-order valence-corrected chi connectivity index (χ2v) is 5.31. The number of aromatic nitrogens is 1. The van der Waals surface area contributed by atoms with E-state index >= 15 is 0 Å². The van der Waals surface area contributed by atoms with Gasteiger partial charge in [-0.25, -0.2) is 4.57 Å². The van der Waals surface area contributed by atoms with Crippen molar-refractivity contribution in [2.45, 2.75) is 39.7 Å². The summed E-state index contributed by atoms with van der Waals surface area (Å²) in [7, 11) is 0. The van der Waals surface area contributed by atoms with Crippen LogP contribution >= 0.6 is 0 Å². The highest BCUT2D eigenvalue weighted by Crippen LogP contribution is 2.37. The number of fused-ring (bicyclic) bond motifs is 1. The minimum Gasteiger partial charge on any atom is -0.504 e. The molecule has 3 nitrogen and oxygen atoms in total. The highest BCUT2D eigenvalue weighted by molar-refractivity contribution is 5.92. The highest BCUT2D eigenvalue weighted by Gasteiger charge is 2.19. The first-order valence-corrected chi connectivity index (χ1v) is 6.31. The second kappa shape index (κ2) is 4.48. The summed E-state index contributed by atoms with van der Waals surface area (Å²) in [4.78, 5) is 0. The first-order valence-electron chi connectivity index (χ1n) is 6.31. The maximum Gasteiger partial charge on any atom is 0.177 e. The van der Waals surface area contributed by atoms with Crippen LogP contribution in [0.2, 0.25) is 0 Å². The minimum atomic E-state index is -0.0632. The third-order valence-corrected chi connectivity index (χ3v) is 3.27. The molecule has 0 aliphatic heterocycles. The zero-order valence-electron chi connectivity index (χ0n) is 11.3. The molecule has 0 fully saturated rings. The molecule has 2 rings (SSSR count). The zero-order valence-corrected chi connectivity index (χ0v) is 11.3. The Morgan fingerprint density at radius 2 is 1.67 bits per heavy atom. The monoisotopic (exact) mass is 246 g/mol. The molecule has 96 valence electrons. The number of rotatable bonds is 2. The molecule has 1 aromatic heterocycles. The van der Waals surface area contributed by atoms with Gasteiger partial charge in [0.15, 0.2) is 29.9 Å². The highest BCUT2D eigenvalue weighted by atomic mass is 16.3. The number of phenols is 2. The van der Waals surface area contributed by atoms with E-state index in [1.807, 2.05) is 12.3 Å². The Balaban J connectivity index is 2.86. The Labute approximate surface area is 107 Å². The lowest BCUT2D eigenvalue weighted by Crippen LogP contribution is -2.36. The Morgan fingerprint density at radius 1 is 1.00 bits per heavy atom. The largest absolute Gasteiger partial charge is 0.504 e. The standard InChI is InChI=1S/C15H19NO2/c1-9(2)12-8-16(10(3)4)7-11-5-6-13(17)15(18)14(11)12/h5-10,18H,1-4H3/p+1. The van der Waals surface area contributed by atoms with Gasteiger partial charge in [0.2, 0.25) is 0 Å². The van der Waals surface area contributed by atoms with E-state index in [2.05, 4.69) is 38.5 Å². The van der Waals surface area contributed by atoms with Crippen molar-refractivity contribution < 1.29 is 14.8 Å². The molecule has 0 atom stereocenters. The lowest BCUT2D eigenvalue weighted by Gasteiger charge is -2.12. The molecule has 0 amide bonds. The van der Waals surface area contributed by atoms with Crippen molar-refractivity contribution in [3.8, 4) is 11.5 Å². The molecule has 3 heteroatoms. The van der Waals surface area contributed by atoms with Gasteiger partial charge in [0.1, 0.15) is 0 Å². The van der Waals surface area contributed by atoms with Crippen LogP contribution in [0.3, 0.4) is 0 Å². The topological polar surface area (TPSA) is 44.3 Å². The van der Waals surface area contributed by atoms with Crippen molar-refractivity contribution in [1.29, 1.82) is 0 Å². The Hall–Kier alpha value is -1.77. The minimum absolute atomic E-state index is 0.0212. The Bertz CT molecular complexity index is 589. The van der Waals surface area contributed by atoms with Gasteiger partial charge in [-0.3, -0.25) is 0 Å². The number of pyridine rings is 1. The zero-order chi connectivity index (χ0) is 13.4. The molecule has 2 N–H and O–H groups in total. The fourth-order valence-corrected chi connectivity index (χ4v) is 2.17. The van der Waals surface area contributed by atoms with Crippen molar-refractivity contribution in [3.63, 3.8) is 0 Å². The molecule has 0 unspecified atom stereocenters. The molecule has 0 aliphatic rings. The maximum absolute atomic E-state index is 10.1. The molecule has 0 radical (unpaired) electrons. The third kappa shape index (κ3) is 2.01. The molecular formula is C15H20NO2+. The van der Waals surface area contributed by atoms with Crippen LogP contribution in [0.25, 0.3) is 10.8 Å². The average molecular weight is 246 g/mol. The van der Waals surface area contributed by atoms with Gasteiger partial charge in [-0.05, 0) is 31.9 Å². The van der Waals surface area contributed by atoms with Crippen LogP contribution in [0.5, 0.6) is 11.5 Å². The van der Waals surface area contributed by atoms with Crippen molar-refractivity contribution in [2.75, 3.05) is 0 Å². The average Bonchev–Trinajstić information content (AvgIpc) is 2.32. The molecule has 0 saturated carbocycles. The predicted octanol–water partition coefficient (Wildman–Crippen LogP) is 3.24. The number of benzene rings is 1. The number of nitrogens with zero attached hydrogens (tertiary/aromatic N) is 1. The summed E-state index contributed by atoms with van der Waals surface area (Å²) in [5.74, 6) is 0.199. The predicted molar refractivity (Wildman–Crippen MR) is 71.9 cm³/mol. The number of phenolic OH excluding ortho intramolecular Hbond substituents is 2. The number of hydrogen-bond acceptors (Lipinski definition) is 2. The summed E-state index contributed by atoms with van der Waals surface area (Å²) in [5.41, 5.74) is 1.05. The molecule has 1 heterocycles. The summed E-state index contributed by atoms with van der Waals surface area (Å²) in [6, 6.07) is 3.74. The first kappa shape index (κ1) is 12.7. The molecule has 2 aromatic rings. The van der Waals surface area contributed by atoms with Crippen LogP contribution in [-0.2, 0) is 0 Å². The molecular weight excluding hydrogens is 226 g/mol. The van der Waals surface area contributed by atoms with E-state index < -0.39 is 0 Å². The van der Waals surface area contributed by atoms with Gasteiger partial charge >= 0.3 is 0 Å². The van der Waals surface area contributed by atoms with Gasteiger partial charge in [-0.2, -0.15) is 0 Å². The van der Waals surface area contributed by atoms with Crippen LogP contribution in [0.15, 0.2) is 24.5 Å². The van der Waals surface area contributed by atoms with Crippen molar-refractivity contribution in [3.05, 3.63) is 30.1 Å². The lowest BCUT2D eigenvalue weighted by atomic mass is 9.97. The van der Waals surface area contributed by atoms with Gasteiger partial charge in [0, 0.05) is 16.3 Å². The molecule has 0 spiro atoms. The summed E-state index contributed by atoms with van der Waals surface area (Å²) in [6.45, 7) is 8.41. The summed E-state index contributed by atoms with van der Waals surface area (Å²) in [6.07, 6.45) is 4.06. The van der Waals surface area contributed by atoms with E-state index in [1.165, 1.54) is 6.07 Å². The van der Waals surface area contributed by atoms with E-state index in [0.29, 0.717) is 6.04 Å². The Kier molecular flexibility index (Phi) is 3.16. The van der Waals surface area contributed by atoms with Gasteiger partial charge in [-0.15, -0.1) is 0 Å². The van der Waals surface area contributed by atoms with Crippen LogP contribution in [0.1, 0.15) is 45.2 Å². The van der Waals surface area contributed by atoms with Gasteiger partial charge < -0.3 is 10.2 Å². The van der Waals surface area contributed by atoms with E-state index in [9.17, 15) is 10.2 Å². The molecule has 18 heavy (non-hydrogen) atoms. The van der Waals surface area contributed by atoms with Crippen molar-refractivity contribution in [2.24, 2.45) is 0 Å². The summed E-state index contributed by atoms with van der Waals surface area (Å²) in [5, 5.41) is 21.4. The Morgan fingerprint density at radius 3 is 2.22 bits per heavy atom. The van der Waals surface area contributed by atoms with E-state index in [4.69, 9.17) is 0 Å². The fourth-order valence-electron chi connectivity index (χ4n) is 2.17. The quantitative estimate of drug-likeness (QED) is 0.631. The lowest BCUT2D eigenvalue weighted by molar-refractivity contribution is -0.715. The van der Waals surface area contributed by atoms with E-state index in [0.717, 1.165) is 16.3 Å². The van der Waals surface area contributed by atoms with Crippen LogP contribution in [0.4, 0.5) is 0 Å². The van der Waals surface area contributed by atoms with Crippen molar-refractivity contribution in [1.82, 2.24) is 0 Å². The molecule has 1 aromatic carbocycles.